The van der Waals surface area contributed by atoms with E-state index in [0.717, 1.165) is 6.20 Å². The third-order valence-corrected chi connectivity index (χ3v) is 6.74. The fourth-order valence-corrected chi connectivity index (χ4v) is 4.87. The Kier molecular flexibility index (Phi) is 6.36. The van der Waals surface area contributed by atoms with Crippen LogP contribution in [-0.2, 0) is 11.4 Å². The zero-order valence-corrected chi connectivity index (χ0v) is 20.3. The first kappa shape index (κ1) is 24.1. The van der Waals surface area contributed by atoms with E-state index >= 15 is 0 Å². The number of hydrogen-bond acceptors (Lipinski definition) is 5. The van der Waals surface area contributed by atoms with Crippen LogP contribution in [-0.4, -0.2) is 43.3 Å². The maximum absolute atomic E-state index is 14.3. The van der Waals surface area contributed by atoms with Crippen LogP contribution in [0, 0.1) is 18.6 Å². The first-order chi connectivity index (χ1) is 17.2. The molecule has 7 nitrogen and oxygen atoms in total. The summed E-state index contributed by atoms with van der Waals surface area (Å²) in [6, 6.07) is 9.20. The van der Waals surface area contributed by atoms with Gasteiger partial charge < -0.3 is 14.7 Å². The topological polar surface area (TPSA) is 80.5 Å². The van der Waals surface area contributed by atoms with Crippen molar-refractivity contribution < 1.29 is 23.4 Å². The van der Waals surface area contributed by atoms with Crippen LogP contribution in [0.4, 0.5) is 8.78 Å². The summed E-state index contributed by atoms with van der Waals surface area (Å²) >= 11 is 6.43. The molecular weight excluding hydrogens is 490 g/mol. The number of pyridine rings is 1. The van der Waals surface area contributed by atoms with Crippen molar-refractivity contribution in [1.29, 1.82) is 0 Å². The van der Waals surface area contributed by atoms with Gasteiger partial charge in [0.1, 0.15) is 29.8 Å². The van der Waals surface area contributed by atoms with Crippen molar-refractivity contribution in [3.63, 3.8) is 0 Å². The van der Waals surface area contributed by atoms with Crippen molar-refractivity contribution in [1.82, 2.24) is 19.7 Å². The van der Waals surface area contributed by atoms with Crippen LogP contribution in [0.1, 0.15) is 36.2 Å². The molecule has 1 amide bonds. The van der Waals surface area contributed by atoms with Gasteiger partial charge in [-0.1, -0.05) is 23.7 Å². The molecule has 0 radical (unpaired) electrons. The predicted molar refractivity (Wildman–Crippen MR) is 130 cm³/mol. The highest BCUT2D eigenvalue weighted by atomic mass is 35.5. The minimum atomic E-state index is -1.06. The van der Waals surface area contributed by atoms with Crippen LogP contribution in [0.3, 0.4) is 0 Å². The molecule has 0 bridgehead atoms. The van der Waals surface area contributed by atoms with Gasteiger partial charge in [0.25, 0.3) is 5.91 Å². The second kappa shape index (κ2) is 9.48. The monoisotopic (exact) mass is 512 g/mol. The van der Waals surface area contributed by atoms with Gasteiger partial charge in [-0.05, 0) is 50.1 Å². The third kappa shape index (κ3) is 4.40. The molecule has 4 aromatic rings. The van der Waals surface area contributed by atoms with E-state index in [9.17, 15) is 18.7 Å². The Labute approximate surface area is 210 Å². The summed E-state index contributed by atoms with van der Waals surface area (Å²) in [4.78, 5) is 18.5. The number of amides is 1. The van der Waals surface area contributed by atoms with Gasteiger partial charge in [0.15, 0.2) is 5.82 Å². The van der Waals surface area contributed by atoms with Gasteiger partial charge in [-0.25, -0.2) is 18.4 Å². The molecule has 0 spiro atoms. The molecular formula is C26H23ClF2N4O3. The number of aliphatic hydroxyl groups is 1. The van der Waals surface area contributed by atoms with Crippen LogP contribution in [0.2, 0.25) is 5.02 Å². The molecule has 1 N–H and O–H groups in total. The summed E-state index contributed by atoms with van der Waals surface area (Å²) in [6.45, 7) is 3.93. The standard InChI is InChI=1S/C26H23ClF2N4O3/c1-14-8-22(33-12-17(29)11-30-33)18-4-3-5-24(25(18)31-14)36-13-20-19(9-16(28)10-21(20)27)15(2)32-7-6-23(34)26(32)35/h3-5,8-12,15,23,34H,6-7,13H2,1-2H3/t15-,23-/m0/s1. The Hall–Kier alpha value is -3.56. The Morgan fingerprint density at radius 3 is 2.75 bits per heavy atom. The van der Waals surface area contributed by atoms with Crippen molar-refractivity contribution in [2.24, 2.45) is 0 Å². The summed E-state index contributed by atoms with van der Waals surface area (Å²) in [6.07, 6.45) is 1.68. The molecule has 1 aliphatic heterocycles. The number of hydrogen-bond donors (Lipinski definition) is 1. The number of nitrogens with zero attached hydrogens (tertiary/aromatic N) is 4. The Morgan fingerprint density at radius 2 is 2.06 bits per heavy atom. The number of rotatable bonds is 6. The van der Waals surface area contributed by atoms with Crippen molar-refractivity contribution in [2.75, 3.05) is 6.54 Å². The number of aromatic nitrogens is 3. The van der Waals surface area contributed by atoms with E-state index in [1.54, 1.807) is 25.1 Å². The minimum absolute atomic E-state index is 0.0101. The summed E-state index contributed by atoms with van der Waals surface area (Å²) in [5.41, 5.74) is 2.91. The lowest BCUT2D eigenvalue weighted by atomic mass is 10.00. The van der Waals surface area contributed by atoms with Crippen LogP contribution in [0.15, 0.2) is 48.8 Å². The van der Waals surface area contributed by atoms with E-state index in [1.165, 1.54) is 27.9 Å². The zero-order valence-electron chi connectivity index (χ0n) is 19.6. The number of ether oxygens (including phenoxy) is 1. The maximum Gasteiger partial charge on any atom is 0.251 e. The molecule has 3 heterocycles. The largest absolute Gasteiger partial charge is 0.487 e. The molecule has 0 unspecified atom stereocenters. The quantitative estimate of drug-likeness (QED) is 0.398. The van der Waals surface area contributed by atoms with Gasteiger partial charge in [-0.15, -0.1) is 0 Å². The van der Waals surface area contributed by atoms with E-state index in [-0.39, 0.29) is 11.6 Å². The lowest BCUT2D eigenvalue weighted by Gasteiger charge is -2.27. The van der Waals surface area contributed by atoms with E-state index < -0.39 is 29.7 Å². The summed E-state index contributed by atoms with van der Waals surface area (Å²) in [5, 5.41) is 14.8. The number of halogens is 3. The molecule has 1 fully saturated rings. The zero-order chi connectivity index (χ0) is 25.6. The Bertz CT molecular complexity index is 1480. The number of likely N-dealkylation sites (tertiary alicyclic amines) is 1. The smallest absolute Gasteiger partial charge is 0.251 e. The van der Waals surface area contributed by atoms with E-state index in [0.29, 0.717) is 52.1 Å². The minimum Gasteiger partial charge on any atom is -0.487 e. The highest BCUT2D eigenvalue weighted by Crippen LogP contribution is 2.35. The first-order valence-electron chi connectivity index (χ1n) is 11.4. The first-order valence-corrected chi connectivity index (χ1v) is 11.8. The van der Waals surface area contributed by atoms with Gasteiger partial charge >= 0.3 is 0 Å². The molecule has 1 aliphatic rings. The number of benzene rings is 2. The SMILES string of the molecule is Cc1cc(-n2cc(F)cn2)c2cccc(OCc3c(Cl)cc(F)cc3[C@H](C)N3CC[C@H](O)C3=O)c2n1. The number of fused-ring (bicyclic) bond motifs is 1. The molecule has 0 aliphatic carbocycles. The van der Waals surface area contributed by atoms with Crippen molar-refractivity contribution >= 4 is 28.4 Å². The molecule has 10 heteroatoms. The summed E-state index contributed by atoms with van der Waals surface area (Å²) < 4.78 is 35.5. The lowest BCUT2D eigenvalue weighted by molar-refractivity contribution is -0.136. The number of para-hydroxylation sites is 1. The summed E-state index contributed by atoms with van der Waals surface area (Å²) in [7, 11) is 0. The normalized spacial score (nSPS) is 16.7. The van der Waals surface area contributed by atoms with Gasteiger partial charge in [0, 0.05) is 23.2 Å². The number of aryl methyl sites for hydroxylation is 1. The summed E-state index contributed by atoms with van der Waals surface area (Å²) in [5.74, 6) is -0.930. The van der Waals surface area contributed by atoms with E-state index in [1.807, 2.05) is 13.0 Å². The fraction of sp³-hybridized carbons (Fsp3) is 0.269. The van der Waals surface area contributed by atoms with Crippen molar-refractivity contribution in [3.8, 4) is 11.4 Å². The maximum atomic E-state index is 14.3. The van der Waals surface area contributed by atoms with Gasteiger partial charge in [-0.2, -0.15) is 5.10 Å². The van der Waals surface area contributed by atoms with Gasteiger partial charge in [0.2, 0.25) is 0 Å². The molecule has 36 heavy (non-hydrogen) atoms. The third-order valence-electron chi connectivity index (χ3n) is 6.40. The molecule has 2 aromatic carbocycles. The average molecular weight is 513 g/mol. The molecule has 0 saturated carbocycles. The van der Waals surface area contributed by atoms with E-state index in [2.05, 4.69) is 10.1 Å². The molecule has 186 valence electrons. The van der Waals surface area contributed by atoms with Gasteiger partial charge in [0.05, 0.1) is 29.1 Å². The number of aliphatic hydroxyl groups excluding tert-OH is 1. The molecule has 5 rings (SSSR count). The van der Waals surface area contributed by atoms with Crippen LogP contribution >= 0.6 is 11.6 Å². The molecule has 2 aromatic heterocycles. The predicted octanol–water partition coefficient (Wildman–Crippen LogP) is 4.89. The van der Waals surface area contributed by atoms with Crippen LogP contribution < -0.4 is 4.74 Å². The van der Waals surface area contributed by atoms with Crippen molar-refractivity contribution in [3.05, 3.63) is 82.3 Å². The Balaban J connectivity index is 1.51. The molecule has 2 atom stereocenters. The second-order valence-electron chi connectivity index (χ2n) is 8.79. The average Bonchev–Trinajstić information content (AvgIpc) is 3.42. The second-order valence-corrected chi connectivity index (χ2v) is 9.20. The fourth-order valence-electron chi connectivity index (χ4n) is 4.60. The highest BCUT2D eigenvalue weighted by Gasteiger charge is 2.34. The van der Waals surface area contributed by atoms with Crippen molar-refractivity contribution in [2.45, 2.75) is 39.0 Å². The van der Waals surface area contributed by atoms with Gasteiger partial charge in [-0.3, -0.25) is 4.79 Å². The van der Waals surface area contributed by atoms with E-state index in [4.69, 9.17) is 16.3 Å². The Morgan fingerprint density at radius 1 is 1.25 bits per heavy atom. The lowest BCUT2D eigenvalue weighted by Crippen LogP contribution is -2.32. The van der Waals surface area contributed by atoms with Crippen LogP contribution in [0.5, 0.6) is 5.75 Å². The number of carbonyl (C=O) groups is 1. The number of carbonyl (C=O) groups excluding carboxylic acids is 1. The van der Waals surface area contributed by atoms with Crippen LogP contribution in [0.25, 0.3) is 16.6 Å². The molecule has 1 saturated heterocycles. The highest BCUT2D eigenvalue weighted by molar-refractivity contribution is 6.31.